The molecular weight excluding hydrogens is 407 g/mol. The lowest BCUT2D eigenvalue weighted by molar-refractivity contribution is -0.116. The molecule has 0 spiro atoms. The molecule has 3 amide bonds. The minimum Gasteiger partial charge on any atom is -0.377 e. The Morgan fingerprint density at radius 2 is 1.69 bits per heavy atom. The summed E-state index contributed by atoms with van der Waals surface area (Å²) in [6, 6.07) is 11.2. The van der Waals surface area contributed by atoms with Gasteiger partial charge >= 0.3 is 6.03 Å². The molecule has 2 aromatic carbocycles. The second kappa shape index (κ2) is 11.5. The van der Waals surface area contributed by atoms with Crippen molar-refractivity contribution in [1.29, 1.82) is 0 Å². The molecule has 6 nitrogen and oxygen atoms in total. The van der Waals surface area contributed by atoms with E-state index in [4.69, 9.17) is 0 Å². The topological polar surface area (TPSA) is 64.7 Å². The van der Waals surface area contributed by atoms with Crippen LogP contribution in [-0.2, 0) is 11.3 Å². The summed E-state index contributed by atoms with van der Waals surface area (Å²) in [6.45, 7) is 8.34. The highest BCUT2D eigenvalue weighted by atomic mass is 19.1. The number of nitrogens with zero attached hydrogens (tertiary/aromatic N) is 2. The average Bonchev–Trinajstić information content (AvgIpc) is 2.70. The Kier molecular flexibility index (Phi) is 9.05. The van der Waals surface area contributed by atoms with Crippen molar-refractivity contribution in [2.75, 3.05) is 29.6 Å². The first-order valence-electron chi connectivity index (χ1n) is 11.0. The molecule has 0 saturated heterocycles. The molecule has 0 heterocycles. The quantitative estimate of drug-likeness (QED) is 0.523. The summed E-state index contributed by atoms with van der Waals surface area (Å²) in [6.07, 6.45) is 1.21. The molecule has 174 valence electrons. The fraction of sp³-hybridized carbons (Fsp3) is 0.440. The Bertz CT molecular complexity index is 930. The van der Waals surface area contributed by atoms with Gasteiger partial charge in [-0.2, -0.15) is 0 Å². The van der Waals surface area contributed by atoms with Gasteiger partial charge in [-0.05, 0) is 61.2 Å². The maximum Gasteiger partial charge on any atom is 0.322 e. The van der Waals surface area contributed by atoms with Gasteiger partial charge in [-0.25, -0.2) is 9.18 Å². The van der Waals surface area contributed by atoms with Crippen LogP contribution in [0.2, 0.25) is 0 Å². The van der Waals surface area contributed by atoms with Crippen LogP contribution in [0, 0.1) is 11.7 Å². The van der Waals surface area contributed by atoms with E-state index in [9.17, 15) is 14.0 Å². The summed E-state index contributed by atoms with van der Waals surface area (Å²) in [5, 5.41) is 5.75. The van der Waals surface area contributed by atoms with Gasteiger partial charge in [0.25, 0.3) is 0 Å². The summed E-state index contributed by atoms with van der Waals surface area (Å²) in [5.74, 6) is -0.174. The molecule has 32 heavy (non-hydrogen) atoms. The van der Waals surface area contributed by atoms with Gasteiger partial charge in [-0.1, -0.05) is 26.8 Å². The molecule has 0 aliphatic rings. The Balaban J connectivity index is 2.30. The molecule has 7 heteroatoms. The summed E-state index contributed by atoms with van der Waals surface area (Å²) in [5.41, 5.74) is 2.97. The van der Waals surface area contributed by atoms with Crippen LogP contribution in [0.25, 0.3) is 0 Å². The maximum atomic E-state index is 13.6. The number of anilines is 3. The molecule has 2 rings (SSSR count). The molecule has 0 radical (unpaired) electrons. The SMILES string of the molecule is CC[C@H](C)N(Cc1cc(NC(=O)CC(C)C)ccc1N(C)C)C(=O)Nc1cccc(F)c1. The molecule has 0 aliphatic carbocycles. The van der Waals surface area contributed by atoms with Crippen molar-refractivity contribution >= 4 is 29.0 Å². The highest BCUT2D eigenvalue weighted by molar-refractivity contribution is 5.91. The van der Waals surface area contributed by atoms with Gasteiger partial charge in [0.05, 0.1) is 0 Å². The minimum atomic E-state index is -0.405. The van der Waals surface area contributed by atoms with Crippen LogP contribution in [-0.4, -0.2) is 37.0 Å². The third kappa shape index (κ3) is 7.25. The maximum absolute atomic E-state index is 13.6. The molecule has 2 N–H and O–H groups in total. The Morgan fingerprint density at radius 1 is 1.00 bits per heavy atom. The lowest BCUT2D eigenvalue weighted by Gasteiger charge is -2.31. The zero-order chi connectivity index (χ0) is 23.8. The first kappa shape index (κ1) is 25.2. The predicted octanol–water partition coefficient (Wildman–Crippen LogP) is 5.71. The van der Waals surface area contributed by atoms with Crippen molar-refractivity contribution in [2.45, 2.75) is 53.1 Å². The van der Waals surface area contributed by atoms with E-state index in [2.05, 4.69) is 10.6 Å². The normalized spacial score (nSPS) is 11.8. The molecule has 0 fully saturated rings. The molecule has 0 aliphatic heterocycles. The van der Waals surface area contributed by atoms with E-state index in [0.29, 0.717) is 24.3 Å². The van der Waals surface area contributed by atoms with Crippen LogP contribution in [0.3, 0.4) is 0 Å². The number of hydrogen-bond acceptors (Lipinski definition) is 3. The van der Waals surface area contributed by atoms with E-state index in [1.807, 2.05) is 64.9 Å². The zero-order valence-electron chi connectivity index (χ0n) is 19.9. The molecule has 0 unspecified atom stereocenters. The lowest BCUT2D eigenvalue weighted by atomic mass is 10.1. The van der Waals surface area contributed by atoms with E-state index >= 15 is 0 Å². The number of hydrogen-bond donors (Lipinski definition) is 2. The molecule has 0 saturated carbocycles. The third-order valence-electron chi connectivity index (χ3n) is 5.24. The molecule has 0 aromatic heterocycles. The van der Waals surface area contributed by atoms with Crippen LogP contribution in [0.4, 0.5) is 26.2 Å². The van der Waals surface area contributed by atoms with Gasteiger partial charge in [0.2, 0.25) is 5.91 Å². The number of urea groups is 1. The van der Waals surface area contributed by atoms with Crippen LogP contribution < -0.4 is 15.5 Å². The van der Waals surface area contributed by atoms with Gasteiger partial charge in [-0.15, -0.1) is 0 Å². The van der Waals surface area contributed by atoms with E-state index in [1.165, 1.54) is 12.1 Å². The van der Waals surface area contributed by atoms with Crippen LogP contribution >= 0.6 is 0 Å². The smallest absolute Gasteiger partial charge is 0.322 e. The summed E-state index contributed by atoms with van der Waals surface area (Å²) in [7, 11) is 3.88. The van der Waals surface area contributed by atoms with Gasteiger partial charge in [0.15, 0.2) is 0 Å². The van der Waals surface area contributed by atoms with Gasteiger partial charge in [0, 0.05) is 50.2 Å². The Morgan fingerprint density at radius 3 is 2.28 bits per heavy atom. The standard InChI is InChI=1S/C25H35FN4O2/c1-7-18(4)30(25(32)28-21-10-8-9-20(26)15-21)16-19-14-22(11-12-23(19)29(5)6)27-24(31)13-17(2)3/h8-12,14-15,17-18H,7,13,16H2,1-6H3,(H,27,31)(H,28,32)/t18-/m0/s1. The van der Waals surface area contributed by atoms with E-state index in [0.717, 1.165) is 17.7 Å². The van der Waals surface area contributed by atoms with Crippen molar-refractivity contribution in [3.8, 4) is 0 Å². The van der Waals surface area contributed by atoms with E-state index in [1.54, 1.807) is 17.0 Å². The summed E-state index contributed by atoms with van der Waals surface area (Å²) >= 11 is 0. The first-order valence-corrected chi connectivity index (χ1v) is 11.0. The molecular formula is C25H35FN4O2. The monoisotopic (exact) mass is 442 g/mol. The number of carbonyl (C=O) groups is 2. The number of carbonyl (C=O) groups excluding carboxylic acids is 2. The fourth-order valence-electron chi connectivity index (χ4n) is 3.40. The Labute approximate surface area is 190 Å². The van der Waals surface area contributed by atoms with Gasteiger partial charge in [0.1, 0.15) is 5.82 Å². The third-order valence-corrected chi connectivity index (χ3v) is 5.24. The highest BCUT2D eigenvalue weighted by Gasteiger charge is 2.22. The number of nitrogens with one attached hydrogen (secondary N) is 2. The van der Waals surface area contributed by atoms with Crippen LogP contribution in [0.15, 0.2) is 42.5 Å². The molecule has 2 aromatic rings. The fourth-order valence-corrected chi connectivity index (χ4v) is 3.40. The summed E-state index contributed by atoms with van der Waals surface area (Å²) in [4.78, 5) is 29.1. The Hall–Kier alpha value is -3.09. The van der Waals surface area contributed by atoms with Gasteiger partial charge < -0.3 is 20.4 Å². The van der Waals surface area contributed by atoms with Gasteiger partial charge in [-0.3, -0.25) is 4.79 Å². The second-order valence-corrected chi connectivity index (χ2v) is 8.71. The second-order valence-electron chi connectivity index (χ2n) is 8.71. The minimum absolute atomic E-state index is 0.0359. The van der Waals surface area contributed by atoms with Crippen LogP contribution in [0.1, 0.15) is 46.1 Å². The molecule has 1 atom stereocenters. The van der Waals surface area contributed by atoms with Crippen molar-refractivity contribution < 1.29 is 14.0 Å². The van der Waals surface area contributed by atoms with Crippen molar-refractivity contribution in [3.63, 3.8) is 0 Å². The lowest BCUT2D eigenvalue weighted by Crippen LogP contribution is -2.41. The predicted molar refractivity (Wildman–Crippen MR) is 130 cm³/mol. The largest absolute Gasteiger partial charge is 0.377 e. The number of halogens is 1. The zero-order valence-corrected chi connectivity index (χ0v) is 19.9. The van der Waals surface area contributed by atoms with Crippen molar-refractivity contribution in [3.05, 3.63) is 53.8 Å². The average molecular weight is 443 g/mol. The number of benzene rings is 2. The van der Waals surface area contributed by atoms with E-state index < -0.39 is 5.82 Å². The van der Waals surface area contributed by atoms with E-state index in [-0.39, 0.29) is 23.9 Å². The molecule has 0 bridgehead atoms. The van der Waals surface area contributed by atoms with Crippen molar-refractivity contribution in [2.24, 2.45) is 5.92 Å². The first-order chi connectivity index (χ1) is 15.1. The number of rotatable bonds is 9. The summed E-state index contributed by atoms with van der Waals surface area (Å²) < 4.78 is 13.6. The highest BCUT2D eigenvalue weighted by Crippen LogP contribution is 2.26. The number of amides is 3. The van der Waals surface area contributed by atoms with Crippen LogP contribution in [0.5, 0.6) is 0 Å². The van der Waals surface area contributed by atoms with Crippen molar-refractivity contribution in [1.82, 2.24) is 4.90 Å².